The van der Waals surface area contributed by atoms with E-state index in [1.165, 1.54) is 0 Å². The van der Waals surface area contributed by atoms with E-state index >= 15 is 0 Å². The van der Waals surface area contributed by atoms with Crippen molar-refractivity contribution < 1.29 is 14.4 Å². The summed E-state index contributed by atoms with van der Waals surface area (Å²) < 4.78 is 0. The summed E-state index contributed by atoms with van der Waals surface area (Å²) in [5.74, 6) is -1.06. The highest BCUT2D eigenvalue weighted by atomic mass is 32.1. The number of carbonyl (C=O) groups excluding carboxylic acids is 3. The number of rotatable bonds is 6. The van der Waals surface area contributed by atoms with E-state index in [-0.39, 0.29) is 36.1 Å². The molecular weight excluding hydrogens is 446 g/mol. The minimum Gasteiger partial charge on any atom is -0.326 e. The SMILES string of the molecule is Cc1ccc(N2C(=O)CC(C(=O)Nc3cc(NC(=O)C(C)C)ccc3C)C2c2cccs2)cc1. The average Bonchev–Trinajstić information content (AvgIpc) is 3.44. The van der Waals surface area contributed by atoms with Crippen molar-refractivity contribution in [2.75, 3.05) is 15.5 Å². The lowest BCUT2D eigenvalue weighted by Crippen LogP contribution is -2.32. The fourth-order valence-electron chi connectivity index (χ4n) is 4.11. The summed E-state index contributed by atoms with van der Waals surface area (Å²) in [6.07, 6.45) is 0.130. The number of thiophene rings is 1. The van der Waals surface area contributed by atoms with Crippen LogP contribution >= 0.6 is 11.3 Å². The maximum atomic E-state index is 13.5. The second-order valence-corrected chi connectivity index (χ2v) is 10.0. The van der Waals surface area contributed by atoms with Gasteiger partial charge >= 0.3 is 0 Å². The second kappa shape index (κ2) is 9.81. The van der Waals surface area contributed by atoms with Crippen molar-refractivity contribution in [3.8, 4) is 0 Å². The topological polar surface area (TPSA) is 78.5 Å². The normalized spacial score (nSPS) is 17.8. The number of nitrogens with one attached hydrogen (secondary N) is 2. The average molecular weight is 476 g/mol. The van der Waals surface area contributed by atoms with Crippen molar-refractivity contribution in [3.63, 3.8) is 0 Å². The molecule has 2 heterocycles. The Balaban J connectivity index is 1.62. The summed E-state index contributed by atoms with van der Waals surface area (Å²) >= 11 is 1.54. The van der Waals surface area contributed by atoms with Crippen LogP contribution in [0.1, 0.15) is 42.3 Å². The largest absolute Gasteiger partial charge is 0.326 e. The predicted octanol–water partition coefficient (Wildman–Crippen LogP) is 5.69. The van der Waals surface area contributed by atoms with Crippen LogP contribution < -0.4 is 15.5 Å². The van der Waals surface area contributed by atoms with Crippen LogP contribution in [0.25, 0.3) is 0 Å². The van der Waals surface area contributed by atoms with Gasteiger partial charge in [0.15, 0.2) is 0 Å². The van der Waals surface area contributed by atoms with Crippen LogP contribution in [0.15, 0.2) is 60.0 Å². The smallest absolute Gasteiger partial charge is 0.230 e. The molecule has 176 valence electrons. The van der Waals surface area contributed by atoms with Crippen molar-refractivity contribution in [3.05, 3.63) is 76.0 Å². The van der Waals surface area contributed by atoms with Gasteiger partial charge < -0.3 is 15.5 Å². The van der Waals surface area contributed by atoms with Gasteiger partial charge in [-0.05, 0) is 55.1 Å². The highest BCUT2D eigenvalue weighted by Gasteiger charge is 2.45. The van der Waals surface area contributed by atoms with Gasteiger partial charge in [0, 0.05) is 34.3 Å². The molecule has 4 rings (SSSR count). The highest BCUT2D eigenvalue weighted by Crippen LogP contribution is 2.43. The lowest BCUT2D eigenvalue weighted by atomic mass is 9.97. The fraction of sp³-hybridized carbons (Fsp3) is 0.296. The van der Waals surface area contributed by atoms with Gasteiger partial charge in [-0.25, -0.2) is 0 Å². The molecule has 2 aromatic carbocycles. The standard InChI is InChI=1S/C27H29N3O3S/c1-16(2)26(32)28-19-10-9-18(4)22(14-19)29-27(33)21-15-24(31)30(20-11-7-17(3)8-12-20)25(21)23-6-5-13-34-23/h5-14,16,21,25H,15H2,1-4H3,(H,28,32)(H,29,33). The molecule has 7 heteroatoms. The van der Waals surface area contributed by atoms with Gasteiger partial charge in [-0.3, -0.25) is 14.4 Å². The molecule has 2 unspecified atom stereocenters. The van der Waals surface area contributed by atoms with Crippen molar-refractivity contribution in [2.24, 2.45) is 11.8 Å². The van der Waals surface area contributed by atoms with Crippen molar-refractivity contribution in [1.29, 1.82) is 0 Å². The van der Waals surface area contributed by atoms with Gasteiger partial charge in [0.2, 0.25) is 17.7 Å². The van der Waals surface area contributed by atoms with Gasteiger partial charge in [0.05, 0.1) is 12.0 Å². The Morgan fingerprint density at radius 2 is 1.76 bits per heavy atom. The van der Waals surface area contributed by atoms with Crippen LogP contribution in [0.2, 0.25) is 0 Å². The Morgan fingerprint density at radius 3 is 2.41 bits per heavy atom. The quantitative estimate of drug-likeness (QED) is 0.481. The minimum absolute atomic E-state index is 0.0722. The van der Waals surface area contributed by atoms with E-state index in [9.17, 15) is 14.4 Å². The van der Waals surface area contributed by atoms with Crippen LogP contribution in [0.4, 0.5) is 17.1 Å². The summed E-state index contributed by atoms with van der Waals surface area (Å²) in [5, 5.41) is 7.86. The van der Waals surface area contributed by atoms with Gasteiger partial charge in [-0.1, -0.05) is 43.7 Å². The number of anilines is 3. The molecule has 1 saturated heterocycles. The van der Waals surface area contributed by atoms with Crippen molar-refractivity contribution in [2.45, 2.75) is 40.2 Å². The molecule has 0 spiro atoms. The van der Waals surface area contributed by atoms with Gasteiger partial charge in [-0.15, -0.1) is 11.3 Å². The van der Waals surface area contributed by atoms with Crippen molar-refractivity contribution in [1.82, 2.24) is 0 Å². The monoisotopic (exact) mass is 475 g/mol. The first-order chi connectivity index (χ1) is 16.2. The number of hydrogen-bond acceptors (Lipinski definition) is 4. The fourth-order valence-corrected chi connectivity index (χ4v) is 4.99. The summed E-state index contributed by atoms with van der Waals surface area (Å²) in [6.45, 7) is 7.56. The first-order valence-corrected chi connectivity index (χ1v) is 12.3. The number of nitrogens with zero attached hydrogens (tertiary/aromatic N) is 1. The Bertz CT molecular complexity index is 1200. The van der Waals surface area contributed by atoms with E-state index in [1.54, 1.807) is 22.3 Å². The molecule has 2 N–H and O–H groups in total. The van der Waals surface area contributed by atoms with Gasteiger partial charge in [0.25, 0.3) is 0 Å². The maximum absolute atomic E-state index is 13.5. The van der Waals surface area contributed by atoms with Crippen molar-refractivity contribution >= 4 is 46.1 Å². The summed E-state index contributed by atoms with van der Waals surface area (Å²) in [4.78, 5) is 41.5. The number of amides is 3. The first-order valence-electron chi connectivity index (χ1n) is 11.4. The summed E-state index contributed by atoms with van der Waals surface area (Å²) in [7, 11) is 0. The molecule has 2 atom stereocenters. The van der Waals surface area contributed by atoms with Crippen LogP contribution in [0, 0.1) is 25.7 Å². The number of aryl methyl sites for hydroxylation is 2. The molecule has 1 aromatic heterocycles. The number of carbonyl (C=O) groups is 3. The second-order valence-electron chi connectivity index (χ2n) is 9.03. The van der Waals surface area contributed by atoms with E-state index in [0.717, 1.165) is 21.7 Å². The Morgan fingerprint density at radius 1 is 1.03 bits per heavy atom. The molecular formula is C27H29N3O3S. The van der Waals surface area contributed by atoms with Crippen LogP contribution in [0.3, 0.4) is 0 Å². The summed E-state index contributed by atoms with van der Waals surface area (Å²) in [5.41, 5.74) is 4.02. The molecule has 1 aliphatic heterocycles. The van der Waals surface area contributed by atoms with Crippen LogP contribution in [-0.4, -0.2) is 17.7 Å². The number of hydrogen-bond donors (Lipinski definition) is 2. The highest BCUT2D eigenvalue weighted by molar-refractivity contribution is 7.10. The van der Waals surface area contributed by atoms with E-state index in [1.807, 2.05) is 81.6 Å². The van der Waals surface area contributed by atoms with Gasteiger partial charge in [-0.2, -0.15) is 0 Å². The molecule has 34 heavy (non-hydrogen) atoms. The van der Waals surface area contributed by atoms with Crippen LogP contribution in [0.5, 0.6) is 0 Å². The van der Waals surface area contributed by atoms with E-state index in [4.69, 9.17) is 0 Å². The zero-order chi connectivity index (χ0) is 24.4. The molecule has 3 aromatic rings. The molecule has 1 aliphatic rings. The van der Waals surface area contributed by atoms with E-state index in [0.29, 0.717) is 11.4 Å². The molecule has 3 amide bonds. The predicted molar refractivity (Wildman–Crippen MR) is 137 cm³/mol. The third-order valence-corrected chi connectivity index (χ3v) is 7.04. The summed E-state index contributed by atoms with van der Waals surface area (Å²) in [6, 6.07) is 16.8. The Kier molecular flexibility index (Phi) is 6.84. The molecule has 1 fully saturated rings. The van der Waals surface area contributed by atoms with E-state index in [2.05, 4.69) is 10.6 Å². The van der Waals surface area contributed by atoms with Crippen LogP contribution in [-0.2, 0) is 14.4 Å². The molecule has 0 radical (unpaired) electrons. The number of benzene rings is 2. The maximum Gasteiger partial charge on any atom is 0.230 e. The Labute approximate surface area is 204 Å². The molecule has 6 nitrogen and oxygen atoms in total. The third kappa shape index (κ3) is 4.89. The third-order valence-electron chi connectivity index (χ3n) is 6.09. The molecule has 0 saturated carbocycles. The lowest BCUT2D eigenvalue weighted by Gasteiger charge is -2.27. The Hall–Kier alpha value is -3.45. The molecule has 0 bridgehead atoms. The zero-order valence-corrected chi connectivity index (χ0v) is 20.6. The zero-order valence-electron chi connectivity index (χ0n) is 19.8. The first kappa shape index (κ1) is 23.7. The lowest BCUT2D eigenvalue weighted by molar-refractivity contribution is -0.122. The molecule has 0 aliphatic carbocycles. The van der Waals surface area contributed by atoms with Gasteiger partial charge in [0.1, 0.15) is 0 Å². The minimum atomic E-state index is -0.541. The van der Waals surface area contributed by atoms with E-state index < -0.39 is 5.92 Å².